The molecule has 1 aromatic rings. The molecule has 3 nitrogen and oxygen atoms in total. The van der Waals surface area contributed by atoms with Crippen LogP contribution in [0.5, 0.6) is 0 Å². The summed E-state index contributed by atoms with van der Waals surface area (Å²) in [5.41, 5.74) is -0.182. The number of halogens is 1. The maximum absolute atomic E-state index is 12.0. The number of hydrogen-bond acceptors (Lipinski definition) is 3. The fourth-order valence-corrected chi connectivity index (χ4v) is 3.04. The van der Waals surface area contributed by atoms with Crippen molar-refractivity contribution in [3.63, 3.8) is 0 Å². The number of rotatable bonds is 4. The minimum absolute atomic E-state index is 0.0700. The molecule has 1 heterocycles. The van der Waals surface area contributed by atoms with Crippen molar-refractivity contribution >= 4 is 33.2 Å². The zero-order chi connectivity index (χ0) is 13.9. The number of amides is 1. The molecule has 0 bridgehead atoms. The predicted molar refractivity (Wildman–Crippen MR) is 80.8 cm³/mol. The summed E-state index contributed by atoms with van der Waals surface area (Å²) >= 11 is 5.15. The number of nitrogens with zero attached hydrogens (tertiary/aromatic N) is 1. The Morgan fingerprint density at radius 1 is 1.50 bits per heavy atom. The van der Waals surface area contributed by atoms with Gasteiger partial charge in [0.1, 0.15) is 0 Å². The van der Waals surface area contributed by atoms with E-state index in [4.69, 9.17) is 0 Å². The van der Waals surface area contributed by atoms with E-state index < -0.39 is 0 Å². The van der Waals surface area contributed by atoms with Crippen LogP contribution in [-0.2, 0) is 11.3 Å². The molecule has 1 rings (SSSR count). The molecule has 0 saturated carbocycles. The Morgan fingerprint density at radius 2 is 2.11 bits per heavy atom. The molecule has 5 heteroatoms. The zero-order valence-electron chi connectivity index (χ0n) is 11.6. The number of carbonyl (C=O) groups is 1. The Bertz CT molecular complexity index is 411. The second-order valence-electron chi connectivity index (χ2n) is 5.54. The van der Waals surface area contributed by atoms with Gasteiger partial charge in [0.25, 0.3) is 0 Å². The molecule has 1 unspecified atom stereocenters. The highest BCUT2D eigenvalue weighted by Gasteiger charge is 2.22. The smallest absolute Gasteiger partial charge is 0.237 e. The van der Waals surface area contributed by atoms with Crippen LogP contribution < -0.4 is 5.32 Å². The standard InChI is InChI=1S/C13H21BrN2OS/c1-9(12(17)15-13(2,3)4)16(5)8-10-6-7-11(14)18-10/h6-7,9H,8H2,1-5H3,(H,15,17). The lowest BCUT2D eigenvalue weighted by molar-refractivity contribution is -0.127. The summed E-state index contributed by atoms with van der Waals surface area (Å²) in [5, 5.41) is 3.00. The van der Waals surface area contributed by atoms with Gasteiger partial charge in [-0.25, -0.2) is 0 Å². The molecule has 1 N–H and O–H groups in total. The van der Waals surface area contributed by atoms with Gasteiger partial charge in [-0.05, 0) is 62.8 Å². The first-order valence-corrected chi connectivity index (χ1v) is 7.56. The third-order valence-electron chi connectivity index (χ3n) is 2.57. The first-order chi connectivity index (χ1) is 8.19. The van der Waals surface area contributed by atoms with Crippen LogP contribution >= 0.6 is 27.3 Å². The highest BCUT2D eigenvalue weighted by Crippen LogP contribution is 2.23. The Morgan fingerprint density at radius 3 is 2.56 bits per heavy atom. The van der Waals surface area contributed by atoms with Gasteiger partial charge >= 0.3 is 0 Å². The molecule has 0 radical (unpaired) electrons. The van der Waals surface area contributed by atoms with Gasteiger partial charge in [0, 0.05) is 17.0 Å². The van der Waals surface area contributed by atoms with Gasteiger partial charge in [0.15, 0.2) is 0 Å². The van der Waals surface area contributed by atoms with E-state index >= 15 is 0 Å². The van der Waals surface area contributed by atoms with Crippen LogP contribution in [-0.4, -0.2) is 29.4 Å². The van der Waals surface area contributed by atoms with Gasteiger partial charge in [0.05, 0.1) is 9.83 Å². The maximum Gasteiger partial charge on any atom is 0.237 e. The fourth-order valence-electron chi connectivity index (χ4n) is 1.49. The molecule has 1 aromatic heterocycles. The number of thiophene rings is 1. The number of hydrogen-bond donors (Lipinski definition) is 1. The van der Waals surface area contributed by atoms with E-state index in [-0.39, 0.29) is 17.5 Å². The summed E-state index contributed by atoms with van der Waals surface area (Å²) in [5.74, 6) is 0.0700. The van der Waals surface area contributed by atoms with Crippen molar-refractivity contribution in [2.75, 3.05) is 7.05 Å². The first kappa shape index (κ1) is 15.7. The average molecular weight is 333 g/mol. The maximum atomic E-state index is 12.0. The monoisotopic (exact) mass is 332 g/mol. The van der Waals surface area contributed by atoms with Gasteiger partial charge in [0.2, 0.25) is 5.91 Å². The molecular weight excluding hydrogens is 312 g/mol. The Hall–Kier alpha value is -0.390. The van der Waals surface area contributed by atoms with Crippen LogP contribution in [0.1, 0.15) is 32.6 Å². The molecule has 1 amide bonds. The summed E-state index contributed by atoms with van der Waals surface area (Å²) in [6, 6.07) is 3.98. The predicted octanol–water partition coefficient (Wildman–Crippen LogP) is 3.25. The number of carbonyl (C=O) groups excluding carboxylic acids is 1. The second-order valence-corrected chi connectivity index (χ2v) is 8.08. The van der Waals surface area contributed by atoms with Gasteiger partial charge in [-0.1, -0.05) is 0 Å². The summed E-state index contributed by atoms with van der Waals surface area (Å²) in [4.78, 5) is 15.3. The minimum atomic E-state index is -0.182. The molecule has 0 aliphatic heterocycles. The van der Waals surface area contributed by atoms with Crippen LogP contribution in [0.3, 0.4) is 0 Å². The average Bonchev–Trinajstić information content (AvgIpc) is 2.60. The van der Waals surface area contributed by atoms with Gasteiger partial charge in [-0.2, -0.15) is 0 Å². The Labute approximate surface area is 122 Å². The van der Waals surface area contributed by atoms with Crippen molar-refractivity contribution in [2.45, 2.75) is 45.8 Å². The van der Waals surface area contributed by atoms with E-state index in [1.54, 1.807) is 11.3 Å². The van der Waals surface area contributed by atoms with Crippen LogP contribution in [0.2, 0.25) is 0 Å². The van der Waals surface area contributed by atoms with E-state index in [0.717, 1.165) is 10.3 Å². The van der Waals surface area contributed by atoms with Gasteiger partial charge in [-0.3, -0.25) is 9.69 Å². The van der Waals surface area contributed by atoms with Crippen molar-refractivity contribution in [2.24, 2.45) is 0 Å². The topological polar surface area (TPSA) is 32.3 Å². The van der Waals surface area contributed by atoms with E-state index in [0.29, 0.717) is 0 Å². The second kappa shape index (κ2) is 6.17. The molecule has 0 aromatic carbocycles. The van der Waals surface area contributed by atoms with E-state index in [9.17, 15) is 4.79 Å². The molecule has 18 heavy (non-hydrogen) atoms. The lowest BCUT2D eigenvalue weighted by atomic mass is 10.1. The normalized spacial score (nSPS) is 13.7. The highest BCUT2D eigenvalue weighted by molar-refractivity contribution is 9.11. The largest absolute Gasteiger partial charge is 0.350 e. The Balaban J connectivity index is 2.55. The van der Waals surface area contributed by atoms with Gasteiger partial charge < -0.3 is 5.32 Å². The van der Waals surface area contributed by atoms with Crippen molar-refractivity contribution in [1.82, 2.24) is 10.2 Å². The third kappa shape index (κ3) is 5.08. The van der Waals surface area contributed by atoms with Crippen LogP contribution in [0.25, 0.3) is 0 Å². The fraction of sp³-hybridized carbons (Fsp3) is 0.615. The van der Waals surface area contributed by atoms with Crippen LogP contribution in [0.15, 0.2) is 15.9 Å². The molecule has 1 atom stereocenters. The Kier molecular flexibility index (Phi) is 5.37. The van der Waals surface area contributed by atoms with Crippen LogP contribution in [0.4, 0.5) is 0 Å². The summed E-state index contributed by atoms with van der Waals surface area (Å²) in [6.07, 6.45) is 0. The molecule has 102 valence electrons. The van der Waals surface area contributed by atoms with E-state index in [2.05, 4.69) is 32.2 Å². The quantitative estimate of drug-likeness (QED) is 0.917. The highest BCUT2D eigenvalue weighted by atomic mass is 79.9. The van der Waals surface area contributed by atoms with E-state index in [1.807, 2.05) is 40.8 Å². The molecule has 0 spiro atoms. The lowest BCUT2D eigenvalue weighted by Crippen LogP contribution is -2.49. The lowest BCUT2D eigenvalue weighted by Gasteiger charge is -2.28. The molecule has 0 aliphatic carbocycles. The number of likely N-dealkylation sites (N-methyl/N-ethyl adjacent to an activating group) is 1. The molecule has 0 aliphatic rings. The van der Waals surface area contributed by atoms with Crippen molar-refractivity contribution in [3.05, 3.63) is 20.8 Å². The van der Waals surface area contributed by atoms with Crippen molar-refractivity contribution in [1.29, 1.82) is 0 Å². The summed E-state index contributed by atoms with van der Waals surface area (Å²) < 4.78 is 1.12. The van der Waals surface area contributed by atoms with Crippen molar-refractivity contribution < 1.29 is 4.79 Å². The third-order valence-corrected chi connectivity index (χ3v) is 4.18. The molecular formula is C13H21BrN2OS. The molecule has 0 saturated heterocycles. The minimum Gasteiger partial charge on any atom is -0.350 e. The van der Waals surface area contributed by atoms with E-state index in [1.165, 1.54) is 4.88 Å². The van der Waals surface area contributed by atoms with Crippen LogP contribution in [0, 0.1) is 0 Å². The number of nitrogens with one attached hydrogen (secondary N) is 1. The summed E-state index contributed by atoms with van der Waals surface area (Å²) in [6.45, 7) is 8.70. The van der Waals surface area contributed by atoms with Gasteiger partial charge in [-0.15, -0.1) is 11.3 Å². The van der Waals surface area contributed by atoms with Crippen molar-refractivity contribution in [3.8, 4) is 0 Å². The zero-order valence-corrected chi connectivity index (χ0v) is 14.0. The summed E-state index contributed by atoms with van der Waals surface area (Å²) in [7, 11) is 1.97. The molecule has 0 fully saturated rings. The first-order valence-electron chi connectivity index (χ1n) is 5.95. The SMILES string of the molecule is CC(C(=O)NC(C)(C)C)N(C)Cc1ccc(Br)s1.